The minimum Gasteiger partial charge on any atom is -0.0654 e. The van der Waals surface area contributed by atoms with E-state index in [0.717, 1.165) is 11.8 Å². The zero-order valence-corrected chi connectivity index (χ0v) is 11.5. The molecular formula is C15H32. The van der Waals surface area contributed by atoms with E-state index in [1.165, 1.54) is 57.8 Å². The Morgan fingerprint density at radius 3 is 1.87 bits per heavy atom. The normalized spacial score (nSPS) is 15.2. The predicted octanol–water partition coefficient (Wildman–Crippen LogP) is 5.81. The molecule has 0 aliphatic heterocycles. The zero-order valence-electron chi connectivity index (χ0n) is 11.5. The molecule has 0 rings (SSSR count). The maximum atomic E-state index is 2.46. The Morgan fingerprint density at radius 2 is 1.33 bits per heavy atom. The monoisotopic (exact) mass is 212 g/mol. The number of rotatable bonds is 10. The Balaban J connectivity index is 3.71. The highest BCUT2D eigenvalue weighted by atomic mass is 14.2. The highest BCUT2D eigenvalue weighted by Gasteiger charge is 2.14. The van der Waals surface area contributed by atoms with Crippen LogP contribution >= 0.6 is 0 Å². The van der Waals surface area contributed by atoms with Gasteiger partial charge in [0.1, 0.15) is 0 Å². The molecule has 0 heteroatoms. The maximum Gasteiger partial charge on any atom is -0.0389 e. The number of hydrogen-bond donors (Lipinski definition) is 0. The fourth-order valence-electron chi connectivity index (χ4n) is 2.61. The van der Waals surface area contributed by atoms with Crippen molar-refractivity contribution in [3.05, 3.63) is 0 Å². The van der Waals surface area contributed by atoms with Crippen molar-refractivity contribution in [1.29, 1.82) is 0 Å². The van der Waals surface area contributed by atoms with Crippen molar-refractivity contribution in [2.75, 3.05) is 0 Å². The van der Waals surface area contributed by atoms with Crippen LogP contribution in [0.2, 0.25) is 0 Å². The molecule has 0 heterocycles. The van der Waals surface area contributed by atoms with E-state index in [4.69, 9.17) is 0 Å². The minimum absolute atomic E-state index is 0.955. The molecule has 15 heavy (non-hydrogen) atoms. The first-order chi connectivity index (χ1) is 7.26. The molecule has 0 aliphatic carbocycles. The Kier molecular flexibility index (Phi) is 10.5. The van der Waals surface area contributed by atoms with Gasteiger partial charge in [0.25, 0.3) is 0 Å². The lowest BCUT2D eigenvalue weighted by molar-refractivity contribution is 0.286. The molecule has 0 fully saturated rings. The average molecular weight is 212 g/mol. The Morgan fingerprint density at radius 1 is 0.667 bits per heavy atom. The molecular weight excluding hydrogens is 180 g/mol. The van der Waals surface area contributed by atoms with Gasteiger partial charge >= 0.3 is 0 Å². The number of hydrogen-bond acceptors (Lipinski definition) is 0. The first-order valence-corrected chi connectivity index (χ1v) is 7.26. The summed E-state index contributed by atoms with van der Waals surface area (Å²) < 4.78 is 0. The van der Waals surface area contributed by atoms with E-state index < -0.39 is 0 Å². The highest BCUT2D eigenvalue weighted by Crippen LogP contribution is 2.27. The SMILES string of the molecule is CCCCCCC(CCC)C(C)CCC. The van der Waals surface area contributed by atoms with E-state index in [9.17, 15) is 0 Å². The van der Waals surface area contributed by atoms with Gasteiger partial charge in [0.15, 0.2) is 0 Å². The average Bonchev–Trinajstić information content (AvgIpc) is 2.23. The lowest BCUT2D eigenvalue weighted by atomic mass is 9.83. The van der Waals surface area contributed by atoms with E-state index in [1.54, 1.807) is 0 Å². The van der Waals surface area contributed by atoms with E-state index in [1.807, 2.05) is 0 Å². The smallest absolute Gasteiger partial charge is 0.0389 e. The van der Waals surface area contributed by atoms with Crippen molar-refractivity contribution in [2.45, 2.75) is 85.5 Å². The molecule has 0 amide bonds. The van der Waals surface area contributed by atoms with E-state index in [2.05, 4.69) is 27.7 Å². The predicted molar refractivity (Wildman–Crippen MR) is 71.2 cm³/mol. The van der Waals surface area contributed by atoms with Gasteiger partial charge in [0.05, 0.1) is 0 Å². The van der Waals surface area contributed by atoms with Crippen LogP contribution in [0, 0.1) is 11.8 Å². The first kappa shape index (κ1) is 15.0. The third kappa shape index (κ3) is 7.88. The van der Waals surface area contributed by atoms with Crippen LogP contribution < -0.4 is 0 Å². The quantitative estimate of drug-likeness (QED) is 0.401. The minimum atomic E-state index is 0.955. The first-order valence-electron chi connectivity index (χ1n) is 7.26. The van der Waals surface area contributed by atoms with Crippen LogP contribution in [0.3, 0.4) is 0 Å². The van der Waals surface area contributed by atoms with Gasteiger partial charge in [-0.1, -0.05) is 85.5 Å². The summed E-state index contributed by atoms with van der Waals surface area (Å²) in [6.07, 6.45) is 12.8. The molecule has 0 radical (unpaired) electrons. The van der Waals surface area contributed by atoms with Crippen molar-refractivity contribution >= 4 is 0 Å². The molecule has 2 atom stereocenters. The number of unbranched alkanes of at least 4 members (excludes halogenated alkanes) is 3. The Hall–Kier alpha value is 0. The summed E-state index contributed by atoms with van der Waals surface area (Å²) in [6.45, 7) is 9.40. The van der Waals surface area contributed by atoms with Crippen molar-refractivity contribution in [3.8, 4) is 0 Å². The summed E-state index contributed by atoms with van der Waals surface area (Å²) >= 11 is 0. The molecule has 0 nitrogen and oxygen atoms in total. The van der Waals surface area contributed by atoms with Gasteiger partial charge < -0.3 is 0 Å². The Bertz CT molecular complexity index is 117. The van der Waals surface area contributed by atoms with E-state index in [0.29, 0.717) is 0 Å². The second-order valence-corrected chi connectivity index (χ2v) is 5.16. The molecule has 2 unspecified atom stereocenters. The van der Waals surface area contributed by atoms with Gasteiger partial charge in [0, 0.05) is 0 Å². The lowest BCUT2D eigenvalue weighted by Crippen LogP contribution is -2.11. The molecule has 0 aromatic rings. The molecule has 0 saturated carbocycles. The van der Waals surface area contributed by atoms with Crippen LogP contribution in [0.5, 0.6) is 0 Å². The summed E-state index contributed by atoms with van der Waals surface area (Å²) in [6, 6.07) is 0. The van der Waals surface area contributed by atoms with Crippen LogP contribution in [0.4, 0.5) is 0 Å². The largest absolute Gasteiger partial charge is 0.0654 e. The van der Waals surface area contributed by atoms with Crippen LogP contribution in [-0.4, -0.2) is 0 Å². The fraction of sp³-hybridized carbons (Fsp3) is 1.00. The van der Waals surface area contributed by atoms with Crippen LogP contribution in [-0.2, 0) is 0 Å². The van der Waals surface area contributed by atoms with Gasteiger partial charge in [-0.3, -0.25) is 0 Å². The third-order valence-corrected chi connectivity index (χ3v) is 3.64. The molecule has 0 saturated heterocycles. The zero-order chi connectivity index (χ0) is 11.5. The van der Waals surface area contributed by atoms with Gasteiger partial charge in [-0.15, -0.1) is 0 Å². The molecule has 0 N–H and O–H groups in total. The van der Waals surface area contributed by atoms with Crippen molar-refractivity contribution < 1.29 is 0 Å². The van der Waals surface area contributed by atoms with Gasteiger partial charge in [0.2, 0.25) is 0 Å². The van der Waals surface area contributed by atoms with Gasteiger partial charge in [-0.25, -0.2) is 0 Å². The van der Waals surface area contributed by atoms with Gasteiger partial charge in [-0.2, -0.15) is 0 Å². The molecule has 0 aliphatic rings. The maximum absolute atomic E-state index is 2.46. The summed E-state index contributed by atoms with van der Waals surface area (Å²) in [4.78, 5) is 0. The fourth-order valence-corrected chi connectivity index (χ4v) is 2.61. The summed E-state index contributed by atoms with van der Waals surface area (Å²) in [7, 11) is 0. The van der Waals surface area contributed by atoms with Crippen molar-refractivity contribution in [3.63, 3.8) is 0 Å². The molecule has 0 bridgehead atoms. The van der Waals surface area contributed by atoms with E-state index in [-0.39, 0.29) is 0 Å². The summed E-state index contributed by atoms with van der Waals surface area (Å²) in [5.74, 6) is 1.96. The van der Waals surface area contributed by atoms with Crippen LogP contribution in [0.25, 0.3) is 0 Å². The van der Waals surface area contributed by atoms with E-state index >= 15 is 0 Å². The Labute approximate surface area is 97.8 Å². The van der Waals surface area contributed by atoms with Gasteiger partial charge in [-0.05, 0) is 11.8 Å². The lowest BCUT2D eigenvalue weighted by Gasteiger charge is -2.23. The standard InChI is InChI=1S/C15H32/c1-5-8-9-10-13-15(12-7-3)14(4)11-6-2/h14-15H,5-13H2,1-4H3. The summed E-state index contributed by atoms with van der Waals surface area (Å²) in [5, 5.41) is 0. The molecule has 92 valence electrons. The molecule has 0 aromatic carbocycles. The molecule has 0 spiro atoms. The van der Waals surface area contributed by atoms with Crippen molar-refractivity contribution in [2.24, 2.45) is 11.8 Å². The highest BCUT2D eigenvalue weighted by molar-refractivity contribution is 4.66. The third-order valence-electron chi connectivity index (χ3n) is 3.64. The second kappa shape index (κ2) is 10.5. The molecule has 0 aromatic heterocycles. The second-order valence-electron chi connectivity index (χ2n) is 5.16. The topological polar surface area (TPSA) is 0 Å². The summed E-state index contributed by atoms with van der Waals surface area (Å²) in [5.41, 5.74) is 0. The van der Waals surface area contributed by atoms with Crippen LogP contribution in [0.1, 0.15) is 85.5 Å². The van der Waals surface area contributed by atoms with Crippen LogP contribution in [0.15, 0.2) is 0 Å². The van der Waals surface area contributed by atoms with Crippen molar-refractivity contribution in [1.82, 2.24) is 0 Å².